The number of phenolic OH excluding ortho intramolecular Hbond substituents is 1. The van der Waals surface area contributed by atoms with Crippen molar-refractivity contribution in [2.45, 2.75) is 84.8 Å². The predicted molar refractivity (Wildman–Crippen MR) is 458 cm³/mol. The average molecular weight is 1660 g/mol. The van der Waals surface area contributed by atoms with Crippen molar-refractivity contribution in [1.29, 1.82) is 0 Å². The molecule has 15 heterocycles. The summed E-state index contributed by atoms with van der Waals surface area (Å²) in [5, 5.41) is 66.8. The zero-order valence-corrected chi connectivity index (χ0v) is 68.6. The van der Waals surface area contributed by atoms with Crippen LogP contribution in [0.25, 0.3) is 78.8 Å². The molecule has 15 aromatic rings. The number of benzene rings is 4. The van der Waals surface area contributed by atoms with E-state index in [1.165, 1.54) is 42.5 Å². The lowest BCUT2D eigenvalue weighted by atomic mass is 9.98. The van der Waals surface area contributed by atoms with Gasteiger partial charge in [-0.25, -0.2) is 55.6 Å². The minimum atomic E-state index is -0.532. The number of hydrogen-bond donors (Lipinski definition) is 9. The van der Waals surface area contributed by atoms with Crippen LogP contribution in [0.5, 0.6) is 28.7 Å². The molecular weight excluding hydrogens is 1570 g/mol. The van der Waals surface area contributed by atoms with Crippen molar-refractivity contribution in [2.75, 3.05) is 60.7 Å². The van der Waals surface area contributed by atoms with Crippen LogP contribution in [0.3, 0.4) is 0 Å². The summed E-state index contributed by atoms with van der Waals surface area (Å²) in [5.41, 5.74) is 16.5. The lowest BCUT2D eigenvalue weighted by molar-refractivity contribution is 0.221. The number of ether oxygens (including phenoxy) is 4. The van der Waals surface area contributed by atoms with Crippen molar-refractivity contribution in [1.82, 2.24) is 109 Å². The van der Waals surface area contributed by atoms with Gasteiger partial charge in [0.15, 0.2) is 34.1 Å². The Morgan fingerprint density at radius 3 is 1.09 bits per heavy atom. The van der Waals surface area contributed by atoms with Crippen LogP contribution in [-0.4, -0.2) is 144 Å². The summed E-state index contributed by atoms with van der Waals surface area (Å²) in [7, 11) is 5.50. The van der Waals surface area contributed by atoms with Crippen LogP contribution in [0.1, 0.15) is 116 Å². The Bertz CT molecular complexity index is 6540. The number of hydrogen-bond acceptors (Lipinski definition) is 24. The first kappa shape index (κ1) is 80.8. The van der Waals surface area contributed by atoms with Crippen LogP contribution >= 0.6 is 0 Å². The van der Waals surface area contributed by atoms with E-state index in [1.807, 2.05) is 125 Å². The molecule has 31 nitrogen and oxygen atoms in total. The molecule has 4 aliphatic rings. The number of halogens is 4. The number of aromatic nitrogens is 18. The molecule has 35 heteroatoms. The van der Waals surface area contributed by atoms with Crippen LogP contribution in [0.15, 0.2) is 180 Å². The molecule has 4 aromatic carbocycles. The van der Waals surface area contributed by atoms with Crippen molar-refractivity contribution in [2.24, 2.45) is 21.1 Å². The van der Waals surface area contributed by atoms with Crippen LogP contribution < -0.4 is 61.5 Å². The van der Waals surface area contributed by atoms with Crippen molar-refractivity contribution in [3.63, 3.8) is 0 Å². The Balaban J connectivity index is 0.000000121. The molecule has 122 heavy (non-hydrogen) atoms. The predicted octanol–water partition coefficient (Wildman–Crippen LogP) is 14.0. The van der Waals surface area contributed by atoms with Gasteiger partial charge in [0, 0.05) is 162 Å². The van der Waals surface area contributed by atoms with E-state index in [4.69, 9.17) is 33.9 Å². The third kappa shape index (κ3) is 17.0. The van der Waals surface area contributed by atoms with Crippen LogP contribution in [0.4, 0.5) is 40.8 Å². The Morgan fingerprint density at radius 2 is 0.721 bits per heavy atom. The summed E-state index contributed by atoms with van der Waals surface area (Å²) in [5.74, 6) is 2.84. The van der Waals surface area contributed by atoms with Gasteiger partial charge in [-0.2, -0.15) is 35.7 Å². The molecule has 0 saturated carbocycles. The third-order valence-corrected chi connectivity index (χ3v) is 21.0. The molecule has 8 bridgehead atoms. The molecular formula is C87H90F4N26O5. The number of phenols is 1. The number of aryl methyl sites for hydroxylation is 4. The normalized spacial score (nSPS) is 17.8. The molecule has 0 fully saturated rings. The van der Waals surface area contributed by atoms with Crippen molar-refractivity contribution in [3.8, 4) is 62.1 Å². The second kappa shape index (κ2) is 33.8. The fourth-order valence-electron chi connectivity index (χ4n) is 14.9. The maximum Gasteiger partial charge on any atom is 0.166 e. The number of nitrogens with zero attached hydrogens (tertiary/aromatic N) is 18. The van der Waals surface area contributed by atoms with Gasteiger partial charge in [0.1, 0.15) is 89.2 Å². The van der Waals surface area contributed by atoms with E-state index in [2.05, 4.69) is 110 Å². The largest absolute Gasteiger partial charge is 0.504 e. The summed E-state index contributed by atoms with van der Waals surface area (Å²) in [6.07, 6.45) is 22.7. The Labute approximate surface area is 697 Å². The summed E-state index contributed by atoms with van der Waals surface area (Å²) >= 11 is 0. The number of anilines is 4. The first-order valence-electron chi connectivity index (χ1n) is 39.5. The van der Waals surface area contributed by atoms with E-state index < -0.39 is 5.82 Å². The summed E-state index contributed by atoms with van der Waals surface area (Å²) in [6.45, 7) is 32.6. The maximum atomic E-state index is 14.9. The second-order valence-corrected chi connectivity index (χ2v) is 30.2. The summed E-state index contributed by atoms with van der Waals surface area (Å²) in [6, 6.07) is 17.5. The number of aromatic hydroxyl groups is 1. The fraction of sp³-hybridized carbons (Fsp3) is 0.253. The fourth-order valence-corrected chi connectivity index (χ4v) is 14.9. The van der Waals surface area contributed by atoms with Gasteiger partial charge in [0.05, 0.1) is 102 Å². The molecule has 0 radical (unpaired) electrons. The summed E-state index contributed by atoms with van der Waals surface area (Å²) < 4.78 is 94.7. The highest BCUT2D eigenvalue weighted by Gasteiger charge is 2.29. The standard InChI is InChI=1S/C24H26FN7O.C23H24FN7O.C22H22FN7O.C18H18FN5O2/c1-13-10-26-14(2)20-11-27-32-7-6-22(29-24(20)32)28-15(3)18-8-17(25)9-19(23(18)33-13)21-12-31(5)30-16(21)4;1-13-9-25-14(2)20-11-27-31-6-5-21(29-23(20)31)28-15(3)18-7-17(24)8-19(22(18)32-13)16-10-26-30(4)12-16;1-13-19-11-26-30-6-4-20(28-22(19)30)27-14(2)17-8-16(23)9-18(15-10-25-29(3)12-15)21(17)31-7-5-24-13;1-10-14-9-21-24-5-3-16(23-18(14)24)22-11(2)13-7-12(19)8-15(25)17(13)26-6-4-20-10/h6-9,11-13,15,26H,2,10H2,1,3-5H3,(H,28,29);5-8,10-13,15,25H,2,9H2,1,3-4H3,(H,28,29);4,6,8-12,14,24H,1,5,7H2,2-3H3,(H,27,28);3,5,7-9,11,20,25H,1,4,6H2,2H3,(H,22,23)/t2*13-,15+;14-;11-/m0011/s1. The van der Waals surface area contributed by atoms with Gasteiger partial charge in [-0.05, 0) is 115 Å². The van der Waals surface area contributed by atoms with E-state index in [0.717, 1.165) is 50.7 Å². The first-order valence-corrected chi connectivity index (χ1v) is 39.5. The quantitative estimate of drug-likeness (QED) is 0.0742. The van der Waals surface area contributed by atoms with Gasteiger partial charge in [0.2, 0.25) is 0 Å². The van der Waals surface area contributed by atoms with Gasteiger partial charge in [0.25, 0.3) is 0 Å². The van der Waals surface area contributed by atoms with Gasteiger partial charge in [-0.1, -0.05) is 26.3 Å². The Morgan fingerprint density at radius 1 is 0.385 bits per heavy atom. The van der Waals surface area contributed by atoms with Gasteiger partial charge < -0.3 is 66.6 Å². The van der Waals surface area contributed by atoms with Crippen molar-refractivity contribution < 1.29 is 41.6 Å². The molecule has 0 aliphatic carbocycles. The molecule has 19 rings (SSSR count). The SMILES string of the molecule is C=C1NCCOc2c(-c3cnn(C)c3)cc(F)cc2[C@@H](C)Nc2ccn3ncc1c3n2.C=C1NCCOc2c(O)cc(F)cc2[C@@H](C)Nc2ccn3ncc1c3n2.C=C1NC[C@H](C)Oc2c(-c3cn(C)nc3C)cc(F)cc2[C@@H](C)Nc2ccn3ncc1c3n2.C=C1NC[C@H](C)Oc2c(-c3cnn(C)c3)cc(F)cc2[C@@H](C)Nc2ccn3ncc1c3n2. The molecule has 626 valence electrons. The van der Waals surface area contributed by atoms with E-state index in [0.29, 0.717) is 158 Å². The molecule has 0 spiro atoms. The summed E-state index contributed by atoms with van der Waals surface area (Å²) in [4.78, 5) is 18.7. The second-order valence-electron chi connectivity index (χ2n) is 30.2. The van der Waals surface area contributed by atoms with Crippen LogP contribution in [-0.2, 0) is 21.1 Å². The molecule has 4 aliphatic heterocycles. The van der Waals surface area contributed by atoms with Crippen LogP contribution in [0, 0.1) is 30.2 Å². The highest BCUT2D eigenvalue weighted by atomic mass is 19.1. The van der Waals surface area contributed by atoms with E-state index >= 15 is 0 Å². The Kier molecular flexibility index (Phi) is 22.4. The minimum Gasteiger partial charge on any atom is -0.504 e. The molecule has 0 amide bonds. The van der Waals surface area contributed by atoms with Crippen molar-refractivity contribution in [3.05, 3.63) is 253 Å². The molecule has 6 atom stereocenters. The monoisotopic (exact) mass is 1650 g/mol. The van der Waals surface area contributed by atoms with Gasteiger partial charge in [-0.3, -0.25) is 14.0 Å². The van der Waals surface area contributed by atoms with Gasteiger partial charge >= 0.3 is 0 Å². The third-order valence-electron chi connectivity index (χ3n) is 21.0. The van der Waals surface area contributed by atoms with Gasteiger partial charge in [-0.15, -0.1) is 0 Å². The Hall–Kier alpha value is -14.9. The van der Waals surface area contributed by atoms with E-state index in [9.17, 15) is 22.7 Å². The van der Waals surface area contributed by atoms with Crippen LogP contribution in [0.2, 0.25) is 0 Å². The number of rotatable bonds is 3. The highest BCUT2D eigenvalue weighted by Crippen LogP contribution is 2.44. The number of nitrogens with one attached hydrogen (secondary N) is 8. The molecule has 0 unspecified atom stereocenters. The minimum absolute atomic E-state index is 0.221. The average Bonchev–Trinajstić information content (AvgIpc) is 1.50. The zero-order valence-electron chi connectivity index (χ0n) is 68.6. The topological polar surface area (TPSA) is 328 Å². The van der Waals surface area contributed by atoms with E-state index in [1.54, 1.807) is 81.6 Å². The molecule has 0 saturated heterocycles. The number of fused-ring (bicyclic) bond motifs is 8. The maximum absolute atomic E-state index is 14.9. The lowest BCUT2D eigenvalue weighted by Gasteiger charge is -2.24. The van der Waals surface area contributed by atoms with Crippen molar-refractivity contribution >= 4 is 68.6 Å². The highest BCUT2D eigenvalue weighted by molar-refractivity contribution is 5.80. The zero-order chi connectivity index (χ0) is 85.5. The lowest BCUT2D eigenvalue weighted by Crippen LogP contribution is -2.28. The first-order chi connectivity index (χ1) is 58.7. The smallest absolute Gasteiger partial charge is 0.166 e. The van der Waals surface area contributed by atoms with E-state index in [-0.39, 0.29) is 71.9 Å². The molecule has 9 N–H and O–H groups in total. The molecule has 11 aromatic heterocycles.